The van der Waals surface area contributed by atoms with Gasteiger partial charge in [0.1, 0.15) is 11.5 Å². The van der Waals surface area contributed by atoms with Crippen molar-refractivity contribution in [1.29, 1.82) is 0 Å². The largest absolute Gasteiger partial charge is 0.497 e. The molecule has 1 aliphatic heterocycles. The molecule has 0 saturated carbocycles. The summed E-state index contributed by atoms with van der Waals surface area (Å²) in [5.41, 5.74) is 2.62. The van der Waals surface area contributed by atoms with Gasteiger partial charge >= 0.3 is 0 Å². The summed E-state index contributed by atoms with van der Waals surface area (Å²) in [7, 11) is 1.59. The fourth-order valence-corrected chi connectivity index (χ4v) is 2.80. The third-order valence-electron chi connectivity index (χ3n) is 4.07. The Balaban J connectivity index is 1.59. The van der Waals surface area contributed by atoms with Crippen LogP contribution in [0.5, 0.6) is 11.5 Å². The molecular weight excluding hydrogens is 320 g/mol. The number of fused-ring (bicyclic) bond motifs is 1. The maximum absolute atomic E-state index is 12.1. The number of carbonyl (C=O) groups excluding carboxylic acids is 2. The molecule has 0 atom stereocenters. The van der Waals surface area contributed by atoms with E-state index in [0.29, 0.717) is 18.0 Å². The van der Waals surface area contributed by atoms with Crippen LogP contribution in [-0.2, 0) is 16.0 Å². The molecule has 2 aromatic carbocycles. The van der Waals surface area contributed by atoms with Crippen LogP contribution in [0.3, 0.4) is 0 Å². The van der Waals surface area contributed by atoms with Crippen molar-refractivity contribution in [2.75, 3.05) is 30.5 Å². The van der Waals surface area contributed by atoms with Gasteiger partial charge < -0.3 is 19.7 Å². The molecule has 6 nitrogen and oxygen atoms in total. The lowest BCUT2D eigenvalue weighted by Gasteiger charge is -2.16. The summed E-state index contributed by atoms with van der Waals surface area (Å²) in [6.07, 6.45) is 0.837. The number of carbonyl (C=O) groups is 2. The minimum Gasteiger partial charge on any atom is -0.497 e. The third-order valence-corrected chi connectivity index (χ3v) is 4.07. The first-order valence-electron chi connectivity index (χ1n) is 8.04. The van der Waals surface area contributed by atoms with E-state index in [4.69, 9.17) is 9.47 Å². The third kappa shape index (κ3) is 3.91. The van der Waals surface area contributed by atoms with E-state index in [0.717, 1.165) is 23.4 Å². The molecule has 130 valence electrons. The molecule has 2 amide bonds. The van der Waals surface area contributed by atoms with Crippen LogP contribution >= 0.6 is 0 Å². The zero-order valence-electron chi connectivity index (χ0n) is 14.2. The zero-order chi connectivity index (χ0) is 17.8. The molecule has 6 heteroatoms. The summed E-state index contributed by atoms with van der Waals surface area (Å²) in [5, 5.41) is 2.80. The first-order chi connectivity index (χ1) is 12.1. The Morgan fingerprint density at radius 3 is 2.52 bits per heavy atom. The first kappa shape index (κ1) is 16.8. The monoisotopic (exact) mass is 340 g/mol. The number of ether oxygens (including phenoxy) is 2. The van der Waals surface area contributed by atoms with Crippen LogP contribution < -0.4 is 19.7 Å². The second-order valence-corrected chi connectivity index (χ2v) is 5.78. The lowest BCUT2D eigenvalue weighted by molar-refractivity contribution is -0.118. The van der Waals surface area contributed by atoms with E-state index < -0.39 is 0 Å². The Morgan fingerprint density at radius 1 is 1.12 bits per heavy atom. The van der Waals surface area contributed by atoms with Gasteiger partial charge in [0.25, 0.3) is 5.91 Å². The predicted octanol–water partition coefficient (Wildman–Crippen LogP) is 2.62. The molecule has 0 bridgehead atoms. The van der Waals surface area contributed by atoms with Gasteiger partial charge in [0.05, 0.1) is 7.11 Å². The van der Waals surface area contributed by atoms with Crippen molar-refractivity contribution >= 4 is 23.2 Å². The van der Waals surface area contributed by atoms with Crippen LogP contribution in [0.25, 0.3) is 0 Å². The molecule has 0 radical (unpaired) electrons. The van der Waals surface area contributed by atoms with Gasteiger partial charge in [-0.25, -0.2) is 0 Å². The lowest BCUT2D eigenvalue weighted by Crippen LogP contribution is -2.26. The predicted molar refractivity (Wildman–Crippen MR) is 95.3 cm³/mol. The normalized spacial score (nSPS) is 12.5. The summed E-state index contributed by atoms with van der Waals surface area (Å²) in [6, 6.07) is 12.6. The van der Waals surface area contributed by atoms with Crippen molar-refractivity contribution in [2.24, 2.45) is 0 Å². The Kier molecular flexibility index (Phi) is 4.88. The maximum atomic E-state index is 12.1. The molecule has 0 aromatic heterocycles. The molecular formula is C19H20N2O4. The summed E-state index contributed by atoms with van der Waals surface area (Å²) in [4.78, 5) is 25.5. The average Bonchev–Trinajstić information content (AvgIpc) is 3.04. The number of anilines is 2. The van der Waals surface area contributed by atoms with Crippen molar-refractivity contribution in [3.63, 3.8) is 0 Å². The number of nitrogens with zero attached hydrogens (tertiary/aromatic N) is 1. The number of amides is 2. The highest BCUT2D eigenvalue weighted by Crippen LogP contribution is 2.30. The molecule has 0 aliphatic carbocycles. The summed E-state index contributed by atoms with van der Waals surface area (Å²) >= 11 is 0. The van der Waals surface area contributed by atoms with Crippen molar-refractivity contribution in [3.05, 3.63) is 48.0 Å². The molecule has 0 saturated heterocycles. The van der Waals surface area contributed by atoms with Gasteiger partial charge in [-0.1, -0.05) is 6.07 Å². The summed E-state index contributed by atoms with van der Waals surface area (Å²) in [5.74, 6) is 1.06. The van der Waals surface area contributed by atoms with Crippen molar-refractivity contribution in [3.8, 4) is 11.5 Å². The number of rotatable bonds is 5. The van der Waals surface area contributed by atoms with Gasteiger partial charge in [-0.05, 0) is 48.4 Å². The highest BCUT2D eigenvalue weighted by atomic mass is 16.5. The maximum Gasteiger partial charge on any atom is 0.262 e. The van der Waals surface area contributed by atoms with Crippen LogP contribution in [0.2, 0.25) is 0 Å². The molecule has 3 rings (SSSR count). The van der Waals surface area contributed by atoms with E-state index in [2.05, 4.69) is 5.32 Å². The number of benzene rings is 2. The molecule has 0 unspecified atom stereocenters. The molecule has 1 aliphatic rings. The minimum absolute atomic E-state index is 0.00469. The van der Waals surface area contributed by atoms with Crippen molar-refractivity contribution < 1.29 is 19.1 Å². The molecule has 2 aromatic rings. The Hall–Kier alpha value is -3.02. The Labute approximate surface area is 146 Å². The molecule has 1 heterocycles. The quantitative estimate of drug-likeness (QED) is 0.908. The highest BCUT2D eigenvalue weighted by molar-refractivity contribution is 5.96. The van der Waals surface area contributed by atoms with E-state index in [9.17, 15) is 9.59 Å². The first-order valence-corrected chi connectivity index (χ1v) is 8.04. The fraction of sp³-hybridized carbons (Fsp3) is 0.263. The van der Waals surface area contributed by atoms with Crippen LogP contribution in [0.4, 0.5) is 11.4 Å². The second-order valence-electron chi connectivity index (χ2n) is 5.78. The van der Waals surface area contributed by atoms with Crippen LogP contribution in [0.1, 0.15) is 12.5 Å². The lowest BCUT2D eigenvalue weighted by atomic mass is 10.1. The Bertz CT molecular complexity index is 787. The molecule has 0 spiro atoms. The van der Waals surface area contributed by atoms with E-state index in [1.165, 1.54) is 0 Å². The van der Waals surface area contributed by atoms with Gasteiger partial charge in [-0.15, -0.1) is 0 Å². The van der Waals surface area contributed by atoms with Crippen LogP contribution in [0.15, 0.2) is 42.5 Å². The fourth-order valence-electron chi connectivity index (χ4n) is 2.80. The number of methoxy groups -OCH3 is 1. The molecule has 0 fully saturated rings. The standard InChI is InChI=1S/C19H20N2O4/c1-13(22)21-10-9-14-3-4-15(11-18(14)21)20-19(23)12-25-17-7-5-16(24-2)6-8-17/h3-8,11H,9-10,12H2,1-2H3,(H,20,23). The SMILES string of the molecule is COc1ccc(OCC(=O)Nc2ccc3c(c2)N(C(C)=O)CC3)cc1. The molecule has 1 N–H and O–H groups in total. The second kappa shape index (κ2) is 7.25. The number of hydrogen-bond donors (Lipinski definition) is 1. The molecule has 25 heavy (non-hydrogen) atoms. The van der Waals surface area contributed by atoms with E-state index in [1.807, 2.05) is 18.2 Å². The number of hydrogen-bond acceptors (Lipinski definition) is 4. The van der Waals surface area contributed by atoms with Crippen molar-refractivity contribution in [2.45, 2.75) is 13.3 Å². The van der Waals surface area contributed by atoms with Gasteiger partial charge in [0, 0.05) is 24.8 Å². The van der Waals surface area contributed by atoms with Gasteiger partial charge in [-0.2, -0.15) is 0 Å². The Morgan fingerprint density at radius 2 is 1.84 bits per heavy atom. The van der Waals surface area contributed by atoms with Gasteiger partial charge in [-0.3, -0.25) is 9.59 Å². The topological polar surface area (TPSA) is 67.9 Å². The van der Waals surface area contributed by atoms with E-state index in [1.54, 1.807) is 43.2 Å². The van der Waals surface area contributed by atoms with Crippen molar-refractivity contribution in [1.82, 2.24) is 0 Å². The van der Waals surface area contributed by atoms with Gasteiger partial charge in [0.15, 0.2) is 6.61 Å². The van der Waals surface area contributed by atoms with Crippen LogP contribution in [0, 0.1) is 0 Å². The zero-order valence-corrected chi connectivity index (χ0v) is 14.2. The summed E-state index contributed by atoms with van der Waals surface area (Å²) in [6.45, 7) is 2.13. The van der Waals surface area contributed by atoms with E-state index in [-0.39, 0.29) is 18.4 Å². The summed E-state index contributed by atoms with van der Waals surface area (Å²) < 4.78 is 10.5. The van der Waals surface area contributed by atoms with Gasteiger partial charge in [0.2, 0.25) is 5.91 Å². The van der Waals surface area contributed by atoms with E-state index >= 15 is 0 Å². The number of nitrogens with one attached hydrogen (secondary N) is 1. The smallest absolute Gasteiger partial charge is 0.262 e. The average molecular weight is 340 g/mol. The highest BCUT2D eigenvalue weighted by Gasteiger charge is 2.22. The van der Waals surface area contributed by atoms with Crippen LogP contribution in [-0.4, -0.2) is 32.1 Å². The minimum atomic E-state index is -0.261.